The molecule has 5 nitrogen and oxygen atoms in total. The number of hydrogen-bond donors (Lipinski definition) is 1. The summed E-state index contributed by atoms with van der Waals surface area (Å²) < 4.78 is 2.00. The summed E-state index contributed by atoms with van der Waals surface area (Å²) in [7, 11) is 4.36. The van der Waals surface area contributed by atoms with Gasteiger partial charge in [0.05, 0.1) is 6.54 Å². The van der Waals surface area contributed by atoms with Crippen molar-refractivity contribution < 1.29 is 0 Å². The maximum Gasteiger partial charge on any atom is 0.140 e. The Labute approximate surface area is 110 Å². The van der Waals surface area contributed by atoms with E-state index in [1.54, 1.807) is 6.33 Å². The first-order valence-electron chi connectivity index (χ1n) is 6.93. The second-order valence-electron chi connectivity index (χ2n) is 5.48. The van der Waals surface area contributed by atoms with E-state index in [1.807, 2.05) is 4.68 Å². The molecule has 1 aromatic heterocycles. The van der Waals surface area contributed by atoms with Crippen molar-refractivity contribution in [3.05, 3.63) is 12.2 Å². The number of nitrogens with one attached hydrogen (secondary N) is 1. The standard InChI is InChI=1S/C13H25N5/c1-4-8-18-12(15-11-16-18)9-14-10-13(17(2)3)6-5-7-13/h11,14H,4-10H2,1-3H3. The topological polar surface area (TPSA) is 46.0 Å². The molecule has 0 spiro atoms. The number of aryl methyl sites for hydroxylation is 1. The lowest BCUT2D eigenvalue weighted by molar-refractivity contribution is 0.0595. The van der Waals surface area contributed by atoms with Crippen molar-refractivity contribution >= 4 is 0 Å². The second kappa shape index (κ2) is 5.80. The van der Waals surface area contributed by atoms with Crippen LogP contribution in [-0.2, 0) is 13.1 Å². The molecule has 0 radical (unpaired) electrons. The molecule has 0 aliphatic heterocycles. The van der Waals surface area contributed by atoms with Crippen molar-refractivity contribution in [1.82, 2.24) is 25.0 Å². The van der Waals surface area contributed by atoms with Crippen LogP contribution < -0.4 is 5.32 Å². The number of rotatable bonds is 7. The van der Waals surface area contributed by atoms with Gasteiger partial charge in [0.2, 0.25) is 0 Å². The van der Waals surface area contributed by atoms with E-state index in [0.717, 1.165) is 31.9 Å². The van der Waals surface area contributed by atoms with Gasteiger partial charge in [0.15, 0.2) is 0 Å². The van der Waals surface area contributed by atoms with Gasteiger partial charge < -0.3 is 10.2 Å². The van der Waals surface area contributed by atoms with Crippen molar-refractivity contribution in [2.75, 3.05) is 20.6 Å². The van der Waals surface area contributed by atoms with Crippen LogP contribution in [0.1, 0.15) is 38.4 Å². The van der Waals surface area contributed by atoms with Crippen LogP contribution >= 0.6 is 0 Å². The van der Waals surface area contributed by atoms with Gasteiger partial charge in [-0.25, -0.2) is 9.67 Å². The van der Waals surface area contributed by atoms with E-state index in [2.05, 4.69) is 41.3 Å². The fraction of sp³-hybridized carbons (Fsp3) is 0.846. The molecule has 1 aliphatic rings. The lowest BCUT2D eigenvalue weighted by atomic mass is 9.75. The van der Waals surface area contributed by atoms with Crippen LogP contribution in [0, 0.1) is 0 Å². The molecule has 0 unspecified atom stereocenters. The van der Waals surface area contributed by atoms with Gasteiger partial charge in [0, 0.05) is 18.6 Å². The molecule has 0 saturated heterocycles. The lowest BCUT2D eigenvalue weighted by Crippen LogP contribution is -2.56. The highest BCUT2D eigenvalue weighted by molar-refractivity contribution is 4.98. The van der Waals surface area contributed by atoms with Gasteiger partial charge >= 0.3 is 0 Å². The van der Waals surface area contributed by atoms with Gasteiger partial charge in [0.1, 0.15) is 12.2 Å². The van der Waals surface area contributed by atoms with Crippen molar-refractivity contribution in [2.45, 2.75) is 51.2 Å². The van der Waals surface area contributed by atoms with Crippen molar-refractivity contribution in [1.29, 1.82) is 0 Å². The van der Waals surface area contributed by atoms with Crippen LogP contribution in [0.2, 0.25) is 0 Å². The highest BCUT2D eigenvalue weighted by Gasteiger charge is 2.38. The van der Waals surface area contributed by atoms with Crippen molar-refractivity contribution in [3.63, 3.8) is 0 Å². The Morgan fingerprint density at radius 3 is 2.78 bits per heavy atom. The monoisotopic (exact) mass is 251 g/mol. The minimum absolute atomic E-state index is 0.371. The van der Waals surface area contributed by atoms with E-state index >= 15 is 0 Å². The van der Waals surface area contributed by atoms with Crippen LogP contribution in [0.3, 0.4) is 0 Å². The Morgan fingerprint density at radius 2 is 2.22 bits per heavy atom. The van der Waals surface area contributed by atoms with Crippen LogP contribution in [0.25, 0.3) is 0 Å². The normalized spacial score (nSPS) is 18.0. The largest absolute Gasteiger partial charge is 0.308 e. The van der Waals surface area contributed by atoms with Crippen molar-refractivity contribution in [2.24, 2.45) is 0 Å². The number of hydrogen-bond acceptors (Lipinski definition) is 4. The fourth-order valence-electron chi connectivity index (χ4n) is 2.60. The third kappa shape index (κ3) is 2.72. The van der Waals surface area contributed by atoms with Gasteiger partial charge in [-0.3, -0.25) is 0 Å². The average Bonchev–Trinajstić information content (AvgIpc) is 2.70. The first kappa shape index (κ1) is 13.5. The van der Waals surface area contributed by atoms with Crippen LogP contribution in [0.4, 0.5) is 0 Å². The third-order valence-electron chi connectivity index (χ3n) is 4.10. The van der Waals surface area contributed by atoms with Crippen LogP contribution in [0.5, 0.6) is 0 Å². The zero-order chi connectivity index (χ0) is 13.0. The van der Waals surface area contributed by atoms with E-state index < -0.39 is 0 Å². The first-order valence-corrected chi connectivity index (χ1v) is 6.93. The van der Waals surface area contributed by atoms with Crippen LogP contribution in [0.15, 0.2) is 6.33 Å². The molecule has 102 valence electrons. The lowest BCUT2D eigenvalue weighted by Gasteiger charge is -2.47. The molecule has 0 atom stereocenters. The van der Waals surface area contributed by atoms with E-state index in [4.69, 9.17) is 0 Å². The van der Waals surface area contributed by atoms with Gasteiger partial charge in [-0.05, 0) is 39.8 Å². The molecule has 0 bridgehead atoms. The Hall–Kier alpha value is -0.940. The zero-order valence-corrected chi connectivity index (χ0v) is 11.8. The zero-order valence-electron chi connectivity index (χ0n) is 11.8. The van der Waals surface area contributed by atoms with E-state index in [1.165, 1.54) is 19.3 Å². The number of likely N-dealkylation sites (N-methyl/N-ethyl adjacent to an activating group) is 1. The summed E-state index contributed by atoms with van der Waals surface area (Å²) in [6.45, 7) is 4.97. The first-order chi connectivity index (χ1) is 8.68. The summed E-state index contributed by atoms with van der Waals surface area (Å²) in [5, 5.41) is 7.79. The molecule has 18 heavy (non-hydrogen) atoms. The maximum absolute atomic E-state index is 4.32. The molecule has 1 aliphatic carbocycles. The molecular weight excluding hydrogens is 226 g/mol. The molecule has 0 amide bonds. The predicted molar refractivity (Wildman–Crippen MR) is 72.3 cm³/mol. The van der Waals surface area contributed by atoms with Gasteiger partial charge in [-0.1, -0.05) is 6.92 Å². The van der Waals surface area contributed by atoms with Crippen molar-refractivity contribution in [3.8, 4) is 0 Å². The Bertz CT molecular complexity index is 367. The minimum atomic E-state index is 0.371. The molecule has 1 heterocycles. The van der Waals surface area contributed by atoms with Crippen LogP contribution in [-0.4, -0.2) is 45.8 Å². The highest BCUT2D eigenvalue weighted by Crippen LogP contribution is 2.35. The number of aromatic nitrogens is 3. The Morgan fingerprint density at radius 1 is 1.44 bits per heavy atom. The van der Waals surface area contributed by atoms with Gasteiger partial charge in [-0.2, -0.15) is 5.10 Å². The summed E-state index contributed by atoms with van der Waals surface area (Å²) in [5.74, 6) is 1.05. The molecule has 0 aromatic carbocycles. The Balaban J connectivity index is 1.82. The summed E-state index contributed by atoms with van der Waals surface area (Å²) in [4.78, 5) is 6.68. The minimum Gasteiger partial charge on any atom is -0.308 e. The molecule has 1 fully saturated rings. The molecule has 5 heteroatoms. The fourth-order valence-corrected chi connectivity index (χ4v) is 2.60. The summed E-state index contributed by atoms with van der Waals surface area (Å²) in [6, 6.07) is 0. The van der Waals surface area contributed by atoms with E-state index in [-0.39, 0.29) is 0 Å². The van der Waals surface area contributed by atoms with Gasteiger partial charge in [-0.15, -0.1) is 0 Å². The summed E-state index contributed by atoms with van der Waals surface area (Å²) in [5.41, 5.74) is 0.371. The molecule has 1 saturated carbocycles. The van der Waals surface area contributed by atoms with Gasteiger partial charge in [0.25, 0.3) is 0 Å². The smallest absolute Gasteiger partial charge is 0.140 e. The molecule has 2 rings (SSSR count). The SMILES string of the molecule is CCCn1ncnc1CNCC1(N(C)C)CCC1. The predicted octanol–water partition coefficient (Wildman–Crippen LogP) is 1.26. The summed E-state index contributed by atoms with van der Waals surface area (Å²) in [6.07, 6.45) is 6.70. The summed E-state index contributed by atoms with van der Waals surface area (Å²) >= 11 is 0. The number of nitrogens with zero attached hydrogens (tertiary/aromatic N) is 4. The average molecular weight is 251 g/mol. The van der Waals surface area contributed by atoms with E-state index in [0.29, 0.717) is 5.54 Å². The maximum atomic E-state index is 4.32. The third-order valence-corrected chi connectivity index (χ3v) is 4.10. The second-order valence-corrected chi connectivity index (χ2v) is 5.48. The highest BCUT2D eigenvalue weighted by atomic mass is 15.3. The quantitative estimate of drug-likeness (QED) is 0.792. The molecule has 1 aromatic rings. The molecule has 1 N–H and O–H groups in total. The molecular formula is C13H25N5. The Kier molecular flexibility index (Phi) is 4.35. The van der Waals surface area contributed by atoms with E-state index in [9.17, 15) is 0 Å².